The number of amides is 1. The molecular formula is C22H15Cl2N3O3S. The lowest BCUT2D eigenvalue weighted by Crippen LogP contribution is -2.34. The summed E-state index contributed by atoms with van der Waals surface area (Å²) >= 11 is 17.2. The Hall–Kier alpha value is -3.13. The largest absolute Gasteiger partial charge is 0.507 e. The average molecular weight is 472 g/mol. The third kappa shape index (κ3) is 4.64. The molecule has 0 fully saturated rings. The van der Waals surface area contributed by atoms with Crippen LogP contribution in [0.3, 0.4) is 0 Å². The van der Waals surface area contributed by atoms with Gasteiger partial charge in [0.1, 0.15) is 11.3 Å². The molecule has 9 heteroatoms. The zero-order chi connectivity index (χ0) is 22.1. The maximum atomic E-state index is 12.4. The Labute approximate surface area is 192 Å². The molecule has 4 aromatic rings. The highest BCUT2D eigenvalue weighted by Gasteiger charge is 2.15. The second-order valence-electron chi connectivity index (χ2n) is 6.75. The highest BCUT2D eigenvalue weighted by atomic mass is 35.5. The Morgan fingerprint density at radius 3 is 2.71 bits per heavy atom. The van der Waals surface area contributed by atoms with Crippen LogP contribution >= 0.6 is 35.4 Å². The van der Waals surface area contributed by atoms with Gasteiger partial charge in [-0.2, -0.15) is 0 Å². The molecule has 0 radical (unpaired) electrons. The third-order valence-electron chi connectivity index (χ3n) is 4.43. The van der Waals surface area contributed by atoms with E-state index in [2.05, 4.69) is 15.6 Å². The van der Waals surface area contributed by atoms with Gasteiger partial charge < -0.3 is 14.8 Å². The van der Waals surface area contributed by atoms with E-state index in [1.54, 1.807) is 18.2 Å². The van der Waals surface area contributed by atoms with Crippen LogP contribution in [0.5, 0.6) is 5.75 Å². The summed E-state index contributed by atoms with van der Waals surface area (Å²) in [5.74, 6) is -0.241. The predicted molar refractivity (Wildman–Crippen MR) is 126 cm³/mol. The number of aryl methyl sites for hydroxylation is 1. The average Bonchev–Trinajstić information content (AvgIpc) is 3.14. The molecule has 6 nitrogen and oxygen atoms in total. The third-order valence-corrected chi connectivity index (χ3v) is 5.20. The number of benzene rings is 3. The molecule has 0 atom stereocenters. The van der Waals surface area contributed by atoms with Gasteiger partial charge in [0.2, 0.25) is 5.89 Å². The number of phenolic OH excluding ortho intramolecular Hbond substituents is 1. The standard InChI is InChI=1S/C22H15Cl2N3O3S/c1-11-2-6-17-19(8-11)30-21(26-17)15-10-13(4-7-18(15)28)25-22(31)27-20(29)14-9-12(23)3-5-16(14)24/h2-10,28H,1H3,(H2,25,27,29,31). The fourth-order valence-electron chi connectivity index (χ4n) is 2.94. The quantitative estimate of drug-likeness (QED) is 0.253. The van der Waals surface area contributed by atoms with Gasteiger partial charge in [-0.05, 0) is 73.2 Å². The smallest absolute Gasteiger partial charge is 0.258 e. The lowest BCUT2D eigenvalue weighted by molar-refractivity contribution is 0.0978. The van der Waals surface area contributed by atoms with Gasteiger partial charge in [0, 0.05) is 10.7 Å². The molecule has 1 heterocycles. The monoisotopic (exact) mass is 471 g/mol. The maximum Gasteiger partial charge on any atom is 0.258 e. The van der Waals surface area contributed by atoms with Crippen molar-refractivity contribution in [2.45, 2.75) is 6.92 Å². The van der Waals surface area contributed by atoms with Crippen molar-refractivity contribution in [3.8, 4) is 17.2 Å². The first kappa shape index (κ1) is 21.1. The minimum atomic E-state index is -0.502. The Morgan fingerprint density at radius 1 is 1.10 bits per heavy atom. The number of rotatable bonds is 3. The van der Waals surface area contributed by atoms with E-state index in [1.807, 2.05) is 25.1 Å². The summed E-state index contributed by atoms with van der Waals surface area (Å²) in [7, 11) is 0. The number of nitrogens with one attached hydrogen (secondary N) is 2. The number of fused-ring (bicyclic) bond motifs is 1. The van der Waals surface area contributed by atoms with E-state index in [4.69, 9.17) is 39.8 Å². The molecular weight excluding hydrogens is 457 g/mol. The number of hydrogen-bond acceptors (Lipinski definition) is 5. The summed E-state index contributed by atoms with van der Waals surface area (Å²) in [6.45, 7) is 1.95. The number of hydrogen-bond donors (Lipinski definition) is 3. The van der Waals surface area contributed by atoms with Crippen LogP contribution in [0.25, 0.3) is 22.6 Å². The molecule has 1 amide bonds. The number of anilines is 1. The number of phenols is 1. The highest BCUT2D eigenvalue weighted by molar-refractivity contribution is 7.80. The van der Waals surface area contributed by atoms with Crippen LogP contribution in [0.2, 0.25) is 10.0 Å². The van der Waals surface area contributed by atoms with Crippen LogP contribution in [-0.2, 0) is 0 Å². The van der Waals surface area contributed by atoms with Crippen molar-refractivity contribution in [1.29, 1.82) is 0 Å². The van der Waals surface area contributed by atoms with Gasteiger partial charge in [0.25, 0.3) is 5.91 Å². The Kier molecular flexibility index (Phi) is 5.82. The fraction of sp³-hybridized carbons (Fsp3) is 0.0455. The molecule has 0 aliphatic rings. The van der Waals surface area contributed by atoms with E-state index >= 15 is 0 Å². The SMILES string of the molecule is Cc1ccc2nc(-c3cc(NC(=S)NC(=O)c4cc(Cl)ccc4Cl)ccc3O)oc2c1. The molecule has 3 aromatic carbocycles. The second kappa shape index (κ2) is 8.55. The summed E-state index contributed by atoms with van der Waals surface area (Å²) in [5, 5.41) is 16.4. The number of nitrogens with zero attached hydrogens (tertiary/aromatic N) is 1. The molecule has 0 bridgehead atoms. The van der Waals surface area contributed by atoms with Crippen LogP contribution in [-0.4, -0.2) is 21.1 Å². The van der Waals surface area contributed by atoms with Crippen molar-refractivity contribution in [2.75, 3.05) is 5.32 Å². The lowest BCUT2D eigenvalue weighted by atomic mass is 10.1. The van der Waals surface area contributed by atoms with Crippen LogP contribution < -0.4 is 10.6 Å². The van der Waals surface area contributed by atoms with E-state index in [1.165, 1.54) is 18.2 Å². The molecule has 0 unspecified atom stereocenters. The van der Waals surface area contributed by atoms with Crippen LogP contribution in [0.1, 0.15) is 15.9 Å². The number of oxazole rings is 1. The Morgan fingerprint density at radius 2 is 1.90 bits per heavy atom. The molecule has 0 aliphatic carbocycles. The van der Waals surface area contributed by atoms with Gasteiger partial charge in [-0.3, -0.25) is 10.1 Å². The van der Waals surface area contributed by atoms with Crippen molar-refractivity contribution < 1.29 is 14.3 Å². The molecule has 0 aliphatic heterocycles. The first-order valence-electron chi connectivity index (χ1n) is 9.08. The van der Waals surface area contributed by atoms with E-state index in [-0.39, 0.29) is 27.3 Å². The molecule has 3 N–H and O–H groups in total. The summed E-state index contributed by atoms with van der Waals surface area (Å²) < 4.78 is 5.79. The summed E-state index contributed by atoms with van der Waals surface area (Å²) in [5.41, 5.74) is 3.44. The highest BCUT2D eigenvalue weighted by Crippen LogP contribution is 2.33. The normalized spacial score (nSPS) is 10.8. The van der Waals surface area contributed by atoms with Crippen LogP contribution in [0.4, 0.5) is 5.69 Å². The van der Waals surface area contributed by atoms with Gasteiger partial charge in [0.05, 0.1) is 16.1 Å². The van der Waals surface area contributed by atoms with Gasteiger partial charge in [0.15, 0.2) is 10.7 Å². The number of halogens is 2. The van der Waals surface area contributed by atoms with E-state index in [0.29, 0.717) is 27.4 Å². The number of thiocarbonyl (C=S) groups is 1. The first-order chi connectivity index (χ1) is 14.8. The van der Waals surface area contributed by atoms with Gasteiger partial charge in [-0.25, -0.2) is 4.98 Å². The summed E-state index contributed by atoms with van der Waals surface area (Å²) in [6.07, 6.45) is 0. The molecule has 0 saturated heterocycles. The molecule has 0 spiro atoms. The molecule has 31 heavy (non-hydrogen) atoms. The minimum Gasteiger partial charge on any atom is -0.507 e. The van der Waals surface area contributed by atoms with Crippen LogP contribution in [0, 0.1) is 6.92 Å². The number of aromatic nitrogens is 1. The lowest BCUT2D eigenvalue weighted by Gasteiger charge is -2.11. The fourth-order valence-corrected chi connectivity index (χ4v) is 3.52. The van der Waals surface area contributed by atoms with Crippen molar-refractivity contribution in [3.05, 3.63) is 75.8 Å². The molecule has 156 valence electrons. The Balaban J connectivity index is 1.54. The van der Waals surface area contributed by atoms with Gasteiger partial charge >= 0.3 is 0 Å². The van der Waals surface area contributed by atoms with E-state index in [0.717, 1.165) is 5.56 Å². The number of aromatic hydroxyl groups is 1. The van der Waals surface area contributed by atoms with Crippen molar-refractivity contribution in [3.63, 3.8) is 0 Å². The van der Waals surface area contributed by atoms with Gasteiger partial charge in [-0.1, -0.05) is 29.3 Å². The minimum absolute atomic E-state index is 0.00510. The Bertz CT molecular complexity index is 1340. The van der Waals surface area contributed by atoms with Crippen molar-refractivity contribution in [1.82, 2.24) is 10.3 Å². The summed E-state index contributed by atoms with van der Waals surface area (Å²) in [4.78, 5) is 16.9. The van der Waals surface area contributed by atoms with E-state index < -0.39 is 5.91 Å². The number of carbonyl (C=O) groups excluding carboxylic acids is 1. The van der Waals surface area contributed by atoms with Crippen molar-refractivity contribution >= 4 is 63.2 Å². The van der Waals surface area contributed by atoms with Crippen molar-refractivity contribution in [2.24, 2.45) is 0 Å². The topological polar surface area (TPSA) is 87.4 Å². The molecule has 0 saturated carbocycles. The van der Waals surface area contributed by atoms with Gasteiger partial charge in [-0.15, -0.1) is 0 Å². The maximum absolute atomic E-state index is 12.4. The van der Waals surface area contributed by atoms with Crippen LogP contribution in [0.15, 0.2) is 59.0 Å². The second-order valence-corrected chi connectivity index (χ2v) is 8.01. The first-order valence-corrected chi connectivity index (χ1v) is 10.2. The zero-order valence-electron chi connectivity index (χ0n) is 16.1. The van der Waals surface area contributed by atoms with E-state index in [9.17, 15) is 9.90 Å². The predicted octanol–water partition coefficient (Wildman–Crippen LogP) is 5.94. The molecule has 4 rings (SSSR count). The zero-order valence-corrected chi connectivity index (χ0v) is 18.4. The summed E-state index contributed by atoms with van der Waals surface area (Å²) in [6, 6.07) is 14.9. The molecule has 1 aromatic heterocycles. The number of carbonyl (C=O) groups is 1.